The van der Waals surface area contributed by atoms with Crippen LogP contribution >= 0.6 is 11.8 Å². The van der Waals surface area contributed by atoms with Gasteiger partial charge in [-0.15, -0.1) is 11.8 Å². The van der Waals surface area contributed by atoms with E-state index < -0.39 is 0 Å². The third kappa shape index (κ3) is 6.21. The second kappa shape index (κ2) is 10.6. The highest BCUT2D eigenvalue weighted by Gasteiger charge is 2.23. The zero-order valence-corrected chi connectivity index (χ0v) is 19.2. The molecule has 172 valence electrons. The third-order valence-electron chi connectivity index (χ3n) is 5.34. The Morgan fingerprint density at radius 1 is 1.21 bits per heavy atom. The van der Waals surface area contributed by atoms with Crippen LogP contribution in [0, 0.1) is 0 Å². The fourth-order valence-electron chi connectivity index (χ4n) is 3.75. The number of hydrogen-bond acceptors (Lipinski definition) is 6. The average Bonchev–Trinajstić information content (AvgIpc) is 3.31. The molecule has 2 heterocycles. The number of amides is 2. The van der Waals surface area contributed by atoms with Gasteiger partial charge in [0.25, 0.3) is 5.56 Å². The maximum absolute atomic E-state index is 13.1. The van der Waals surface area contributed by atoms with Crippen molar-refractivity contribution in [1.82, 2.24) is 14.9 Å². The van der Waals surface area contributed by atoms with Crippen molar-refractivity contribution in [3.8, 4) is 0 Å². The second-order valence-electron chi connectivity index (χ2n) is 7.93. The van der Waals surface area contributed by atoms with Crippen LogP contribution in [0.15, 0.2) is 58.2 Å². The molecule has 1 atom stereocenters. The van der Waals surface area contributed by atoms with Crippen molar-refractivity contribution in [1.29, 1.82) is 0 Å². The Kier molecular flexibility index (Phi) is 7.41. The number of carbonyl (C=O) groups is 2. The van der Waals surface area contributed by atoms with Gasteiger partial charge < -0.3 is 19.9 Å². The van der Waals surface area contributed by atoms with Gasteiger partial charge >= 0.3 is 0 Å². The van der Waals surface area contributed by atoms with Crippen molar-refractivity contribution in [2.24, 2.45) is 0 Å². The number of nitrogens with one attached hydrogen (secondary N) is 2. The number of rotatable bonds is 8. The molecule has 4 rings (SSSR count). The van der Waals surface area contributed by atoms with Crippen LogP contribution < -0.4 is 10.9 Å². The van der Waals surface area contributed by atoms with Crippen LogP contribution in [0.5, 0.6) is 0 Å². The molecule has 0 bridgehead atoms. The first-order valence-electron chi connectivity index (χ1n) is 10.9. The molecule has 0 aliphatic carbocycles. The fourth-order valence-corrected chi connectivity index (χ4v) is 4.55. The van der Waals surface area contributed by atoms with Gasteiger partial charge in [-0.05, 0) is 49.2 Å². The number of aromatic nitrogens is 2. The highest BCUT2D eigenvalue weighted by molar-refractivity contribution is 8.00. The lowest BCUT2D eigenvalue weighted by Crippen LogP contribution is -2.38. The predicted octanol–water partition coefficient (Wildman–Crippen LogP) is 3.18. The van der Waals surface area contributed by atoms with Gasteiger partial charge in [-0.25, -0.2) is 4.98 Å². The second-order valence-corrected chi connectivity index (χ2v) is 8.98. The van der Waals surface area contributed by atoms with E-state index in [0.29, 0.717) is 35.6 Å². The van der Waals surface area contributed by atoms with Crippen LogP contribution in [0.4, 0.5) is 5.69 Å². The van der Waals surface area contributed by atoms with Gasteiger partial charge in [0.15, 0.2) is 0 Å². The maximum atomic E-state index is 13.1. The van der Waals surface area contributed by atoms with E-state index in [1.807, 2.05) is 30.3 Å². The molecule has 0 saturated carbocycles. The number of H-pyrrole nitrogens is 1. The van der Waals surface area contributed by atoms with Crippen LogP contribution in [-0.2, 0) is 20.9 Å². The Balaban J connectivity index is 1.46. The number of fused-ring (bicyclic) bond motifs is 1. The number of anilines is 1. The number of hydrogen-bond donors (Lipinski definition) is 2. The quantitative estimate of drug-likeness (QED) is 0.494. The lowest BCUT2D eigenvalue weighted by atomic mass is 10.2. The first-order chi connectivity index (χ1) is 16.0. The molecular weight excluding hydrogens is 440 g/mol. The van der Waals surface area contributed by atoms with Gasteiger partial charge in [0.2, 0.25) is 11.8 Å². The highest BCUT2D eigenvalue weighted by Crippen LogP contribution is 2.22. The highest BCUT2D eigenvalue weighted by atomic mass is 32.2. The number of benzene rings is 2. The number of carbonyl (C=O) groups excluding carboxylic acids is 2. The molecule has 8 nitrogen and oxygen atoms in total. The minimum Gasteiger partial charge on any atom is -0.376 e. The first-order valence-corrected chi connectivity index (χ1v) is 11.8. The van der Waals surface area contributed by atoms with Crippen LogP contribution in [0.1, 0.15) is 25.6 Å². The zero-order valence-electron chi connectivity index (χ0n) is 18.4. The van der Waals surface area contributed by atoms with Crippen molar-refractivity contribution in [3.05, 3.63) is 64.7 Å². The summed E-state index contributed by atoms with van der Waals surface area (Å²) in [4.78, 5) is 46.8. The van der Waals surface area contributed by atoms with Crippen molar-refractivity contribution in [2.75, 3.05) is 24.2 Å². The normalized spacial score (nSPS) is 15.5. The molecule has 0 unspecified atom stereocenters. The molecule has 3 aromatic rings. The number of aromatic amines is 1. The number of para-hydroxylation sites is 1. The van der Waals surface area contributed by atoms with Crippen LogP contribution in [0.2, 0.25) is 0 Å². The Hall–Kier alpha value is -3.17. The van der Waals surface area contributed by atoms with Gasteiger partial charge in [0.05, 0.1) is 29.3 Å². The Bertz CT molecular complexity index is 1190. The minimum atomic E-state index is -0.214. The summed E-state index contributed by atoms with van der Waals surface area (Å²) < 4.78 is 5.75. The molecule has 1 saturated heterocycles. The Morgan fingerprint density at radius 2 is 2.00 bits per heavy atom. The monoisotopic (exact) mass is 466 g/mol. The summed E-state index contributed by atoms with van der Waals surface area (Å²) in [6.45, 7) is 2.83. The van der Waals surface area contributed by atoms with Crippen molar-refractivity contribution < 1.29 is 14.3 Å². The lowest BCUT2D eigenvalue weighted by molar-refractivity contribution is -0.130. The topological polar surface area (TPSA) is 104 Å². The zero-order chi connectivity index (χ0) is 23.2. The van der Waals surface area contributed by atoms with Gasteiger partial charge in [0, 0.05) is 30.7 Å². The first kappa shape index (κ1) is 23.0. The average molecular weight is 467 g/mol. The summed E-state index contributed by atoms with van der Waals surface area (Å²) in [6, 6.07) is 14.5. The van der Waals surface area contributed by atoms with E-state index >= 15 is 0 Å². The van der Waals surface area contributed by atoms with Crippen LogP contribution in [0.25, 0.3) is 10.9 Å². The van der Waals surface area contributed by atoms with Gasteiger partial charge in [0.1, 0.15) is 5.82 Å². The molecule has 1 aliphatic rings. The largest absolute Gasteiger partial charge is 0.376 e. The molecule has 0 radical (unpaired) electrons. The smallest absolute Gasteiger partial charge is 0.258 e. The SMILES string of the molecule is CC(=O)Nc1ccc(SCC(=O)N(Cc2nc3ccccc3c(=O)[nH]2)C[C@@H]2CCCO2)cc1. The van der Waals surface area contributed by atoms with Crippen LogP contribution in [0.3, 0.4) is 0 Å². The number of nitrogens with zero attached hydrogens (tertiary/aromatic N) is 2. The Morgan fingerprint density at radius 3 is 2.73 bits per heavy atom. The number of ether oxygens (including phenoxy) is 1. The Labute approximate surface area is 195 Å². The van der Waals surface area contributed by atoms with E-state index in [9.17, 15) is 14.4 Å². The van der Waals surface area contributed by atoms with Crippen molar-refractivity contribution in [3.63, 3.8) is 0 Å². The van der Waals surface area contributed by atoms with E-state index in [2.05, 4.69) is 15.3 Å². The predicted molar refractivity (Wildman–Crippen MR) is 128 cm³/mol. The van der Waals surface area contributed by atoms with Gasteiger partial charge in [-0.2, -0.15) is 0 Å². The van der Waals surface area contributed by atoms with E-state index in [1.54, 1.807) is 23.1 Å². The molecule has 1 aromatic heterocycles. The summed E-state index contributed by atoms with van der Waals surface area (Å²) in [6.07, 6.45) is 1.87. The molecule has 1 fully saturated rings. The van der Waals surface area contributed by atoms with Crippen molar-refractivity contribution in [2.45, 2.75) is 37.3 Å². The van der Waals surface area contributed by atoms with E-state index in [1.165, 1.54) is 18.7 Å². The van der Waals surface area contributed by atoms with Gasteiger partial charge in [-0.1, -0.05) is 12.1 Å². The summed E-state index contributed by atoms with van der Waals surface area (Å²) in [7, 11) is 0. The molecule has 33 heavy (non-hydrogen) atoms. The summed E-state index contributed by atoms with van der Waals surface area (Å²) in [5.41, 5.74) is 1.10. The molecule has 2 N–H and O–H groups in total. The summed E-state index contributed by atoms with van der Waals surface area (Å²) >= 11 is 1.42. The van der Waals surface area contributed by atoms with E-state index in [-0.39, 0.29) is 35.8 Å². The maximum Gasteiger partial charge on any atom is 0.258 e. The van der Waals surface area contributed by atoms with E-state index in [4.69, 9.17) is 4.74 Å². The lowest BCUT2D eigenvalue weighted by Gasteiger charge is -2.25. The molecular formula is C24H26N4O4S. The van der Waals surface area contributed by atoms with Crippen LogP contribution in [-0.4, -0.2) is 51.7 Å². The molecule has 2 aromatic carbocycles. The fraction of sp³-hybridized carbons (Fsp3) is 0.333. The van der Waals surface area contributed by atoms with Gasteiger partial charge in [-0.3, -0.25) is 14.4 Å². The molecule has 2 amide bonds. The third-order valence-corrected chi connectivity index (χ3v) is 6.34. The molecule has 0 spiro atoms. The standard InChI is InChI=1S/C24H26N4O4S/c1-16(29)25-17-8-10-19(11-9-17)33-15-23(30)28(13-18-5-4-12-32-18)14-22-26-21-7-3-2-6-20(21)24(31)27-22/h2-3,6-11,18H,4-5,12-15H2,1H3,(H,25,29)(H,26,27,31)/t18-/m0/s1. The summed E-state index contributed by atoms with van der Waals surface area (Å²) in [5, 5.41) is 3.25. The molecule has 9 heteroatoms. The minimum absolute atomic E-state index is 0.0110. The van der Waals surface area contributed by atoms with Crippen molar-refractivity contribution >= 4 is 40.2 Å². The molecule has 1 aliphatic heterocycles. The number of thioether (sulfide) groups is 1. The van der Waals surface area contributed by atoms with E-state index in [0.717, 1.165) is 17.7 Å². The summed E-state index contributed by atoms with van der Waals surface area (Å²) in [5.74, 6) is 0.506.